The average Bonchev–Trinajstić information content (AvgIpc) is 3.23. The number of nitrogens with zero attached hydrogens (tertiary/aromatic N) is 4. The van der Waals surface area contributed by atoms with Crippen LogP contribution >= 0.6 is 24.0 Å². The highest BCUT2D eigenvalue weighted by atomic mass is 127. The molecule has 168 valence electrons. The van der Waals surface area contributed by atoms with Gasteiger partial charge in [-0.2, -0.15) is 0 Å². The molecule has 0 aliphatic rings. The minimum atomic E-state index is 0. The second kappa shape index (κ2) is 15.9. The van der Waals surface area contributed by atoms with Crippen LogP contribution in [0.15, 0.2) is 35.8 Å². The fourth-order valence-corrected chi connectivity index (χ4v) is 2.75. The first-order valence-electron chi connectivity index (χ1n) is 10.4. The van der Waals surface area contributed by atoms with Crippen molar-refractivity contribution in [2.75, 3.05) is 32.9 Å². The Morgan fingerprint density at radius 3 is 2.63 bits per heavy atom. The Bertz CT molecular complexity index is 724. The molecule has 0 atom stereocenters. The Kier molecular flexibility index (Phi) is 13.9. The second-order valence-electron chi connectivity index (χ2n) is 6.69. The molecule has 0 spiro atoms. The van der Waals surface area contributed by atoms with Crippen LogP contribution in [0.5, 0.6) is 5.75 Å². The lowest BCUT2D eigenvalue weighted by Gasteiger charge is -2.14. The molecule has 0 amide bonds. The zero-order valence-electron chi connectivity index (χ0n) is 18.3. The van der Waals surface area contributed by atoms with E-state index in [4.69, 9.17) is 14.5 Å². The number of halogens is 1. The van der Waals surface area contributed by atoms with Gasteiger partial charge >= 0.3 is 0 Å². The first-order valence-corrected chi connectivity index (χ1v) is 10.4. The second-order valence-corrected chi connectivity index (χ2v) is 6.69. The molecular formula is C21H35IN6O2. The Morgan fingerprint density at radius 2 is 1.90 bits per heavy atom. The lowest BCUT2D eigenvalue weighted by atomic mass is 10.1. The van der Waals surface area contributed by atoms with Gasteiger partial charge in [0.1, 0.15) is 25.0 Å². The van der Waals surface area contributed by atoms with Gasteiger partial charge in [0.15, 0.2) is 5.96 Å². The van der Waals surface area contributed by atoms with Crippen LogP contribution in [-0.2, 0) is 17.8 Å². The van der Waals surface area contributed by atoms with Crippen molar-refractivity contribution >= 4 is 29.9 Å². The van der Waals surface area contributed by atoms with E-state index >= 15 is 0 Å². The number of rotatable bonds is 13. The molecule has 0 aliphatic heterocycles. The number of benzene rings is 1. The van der Waals surface area contributed by atoms with Gasteiger partial charge in [0.05, 0.1) is 13.2 Å². The van der Waals surface area contributed by atoms with E-state index in [-0.39, 0.29) is 24.0 Å². The van der Waals surface area contributed by atoms with Crippen LogP contribution in [0, 0.1) is 6.92 Å². The van der Waals surface area contributed by atoms with E-state index in [0.717, 1.165) is 49.7 Å². The number of hydrogen-bond donors (Lipinski definition) is 2. The molecule has 0 fully saturated rings. The lowest BCUT2D eigenvalue weighted by molar-refractivity contribution is 0.110. The smallest absolute Gasteiger partial charge is 0.191 e. The minimum Gasteiger partial charge on any atom is -0.491 e. The van der Waals surface area contributed by atoms with E-state index in [0.29, 0.717) is 26.4 Å². The molecule has 9 heteroatoms. The summed E-state index contributed by atoms with van der Waals surface area (Å²) in [6.45, 7) is 11.1. The van der Waals surface area contributed by atoms with E-state index in [1.807, 2.05) is 11.5 Å². The molecule has 2 aromatic rings. The number of guanidine groups is 1. The Morgan fingerprint density at radius 1 is 1.10 bits per heavy atom. The van der Waals surface area contributed by atoms with Crippen molar-refractivity contribution in [2.24, 2.45) is 4.99 Å². The van der Waals surface area contributed by atoms with Crippen LogP contribution in [0.3, 0.4) is 0 Å². The number of aliphatic imine (C=N–C) groups is 1. The Labute approximate surface area is 196 Å². The van der Waals surface area contributed by atoms with Crippen LogP contribution < -0.4 is 15.4 Å². The maximum absolute atomic E-state index is 5.91. The zero-order chi connectivity index (χ0) is 20.7. The minimum absolute atomic E-state index is 0. The van der Waals surface area contributed by atoms with Crippen molar-refractivity contribution in [1.82, 2.24) is 25.4 Å². The van der Waals surface area contributed by atoms with Gasteiger partial charge in [-0.05, 0) is 45.2 Å². The lowest BCUT2D eigenvalue weighted by Crippen LogP contribution is -2.37. The van der Waals surface area contributed by atoms with E-state index in [1.165, 1.54) is 5.56 Å². The molecule has 1 aromatic heterocycles. The normalized spacial score (nSPS) is 11.1. The van der Waals surface area contributed by atoms with Crippen LogP contribution in [0.2, 0.25) is 0 Å². The van der Waals surface area contributed by atoms with Gasteiger partial charge < -0.3 is 24.7 Å². The molecule has 0 bridgehead atoms. The molecule has 1 aromatic carbocycles. The van der Waals surface area contributed by atoms with Crippen molar-refractivity contribution in [3.8, 4) is 5.75 Å². The summed E-state index contributed by atoms with van der Waals surface area (Å²) in [6, 6.07) is 6.23. The molecule has 2 N–H and O–H groups in total. The molecule has 0 radical (unpaired) electrons. The third-order valence-corrected chi connectivity index (χ3v) is 4.27. The number of ether oxygens (including phenoxy) is 2. The standard InChI is InChI=1S/C21H34N6O2.HI/c1-4-22-21(23-10-6-7-11-27-16-25-26-17-27)24-15-19-9-8-18(3)14-20(19)29-13-12-28-5-2;/h8-9,14,16-17H,4-7,10-13,15H2,1-3H3,(H2,22,23,24);1H. The van der Waals surface area contributed by atoms with Gasteiger partial charge in [0.2, 0.25) is 0 Å². The molecule has 0 saturated heterocycles. The topological polar surface area (TPSA) is 85.6 Å². The molecule has 30 heavy (non-hydrogen) atoms. The van der Waals surface area contributed by atoms with Gasteiger partial charge in [0, 0.05) is 31.8 Å². The molecular weight excluding hydrogens is 495 g/mol. The molecule has 0 saturated carbocycles. The third-order valence-electron chi connectivity index (χ3n) is 4.27. The molecule has 0 aliphatic carbocycles. The SMILES string of the molecule is CCNC(=NCc1ccc(C)cc1OCCOCC)NCCCCn1cnnc1.I. The van der Waals surface area contributed by atoms with Crippen molar-refractivity contribution in [1.29, 1.82) is 0 Å². The third kappa shape index (κ3) is 10.2. The summed E-state index contributed by atoms with van der Waals surface area (Å²) in [4.78, 5) is 4.72. The van der Waals surface area contributed by atoms with Crippen LogP contribution in [0.4, 0.5) is 0 Å². The van der Waals surface area contributed by atoms with Crippen molar-refractivity contribution in [3.63, 3.8) is 0 Å². The van der Waals surface area contributed by atoms with Crippen molar-refractivity contribution < 1.29 is 9.47 Å². The Balaban J connectivity index is 0.00000450. The van der Waals surface area contributed by atoms with E-state index in [2.05, 4.69) is 52.9 Å². The number of aromatic nitrogens is 3. The number of hydrogen-bond acceptors (Lipinski definition) is 5. The molecule has 1 heterocycles. The predicted octanol–water partition coefficient (Wildman–Crippen LogP) is 3.16. The zero-order valence-corrected chi connectivity index (χ0v) is 20.6. The van der Waals surface area contributed by atoms with E-state index < -0.39 is 0 Å². The van der Waals surface area contributed by atoms with Gasteiger partial charge in [-0.1, -0.05) is 12.1 Å². The van der Waals surface area contributed by atoms with Crippen LogP contribution in [-0.4, -0.2) is 53.6 Å². The monoisotopic (exact) mass is 530 g/mol. The summed E-state index contributed by atoms with van der Waals surface area (Å²) in [5.41, 5.74) is 2.24. The maximum Gasteiger partial charge on any atom is 0.191 e. The highest BCUT2D eigenvalue weighted by molar-refractivity contribution is 14.0. The summed E-state index contributed by atoms with van der Waals surface area (Å²) >= 11 is 0. The van der Waals surface area contributed by atoms with Crippen LogP contribution in [0.1, 0.15) is 37.8 Å². The molecule has 8 nitrogen and oxygen atoms in total. The maximum atomic E-state index is 5.91. The number of aryl methyl sites for hydroxylation is 2. The van der Waals surface area contributed by atoms with Gasteiger partial charge in [0.25, 0.3) is 0 Å². The first-order chi connectivity index (χ1) is 14.2. The number of unbranched alkanes of at least 4 members (excludes halogenated alkanes) is 1. The fraction of sp³-hybridized carbons (Fsp3) is 0.571. The van der Waals surface area contributed by atoms with Crippen molar-refractivity contribution in [2.45, 2.75) is 46.7 Å². The highest BCUT2D eigenvalue weighted by Crippen LogP contribution is 2.21. The number of nitrogens with one attached hydrogen (secondary N) is 2. The summed E-state index contributed by atoms with van der Waals surface area (Å²) in [6.07, 6.45) is 5.59. The summed E-state index contributed by atoms with van der Waals surface area (Å²) in [5, 5.41) is 14.3. The summed E-state index contributed by atoms with van der Waals surface area (Å²) in [5.74, 6) is 1.69. The van der Waals surface area contributed by atoms with Gasteiger partial charge in [-0.15, -0.1) is 34.2 Å². The summed E-state index contributed by atoms with van der Waals surface area (Å²) < 4.78 is 13.3. The Hall–Kier alpha value is -1.88. The van der Waals surface area contributed by atoms with Crippen molar-refractivity contribution in [3.05, 3.63) is 42.0 Å². The largest absolute Gasteiger partial charge is 0.491 e. The van der Waals surface area contributed by atoms with Gasteiger partial charge in [-0.3, -0.25) is 0 Å². The van der Waals surface area contributed by atoms with E-state index in [1.54, 1.807) is 12.7 Å². The van der Waals surface area contributed by atoms with E-state index in [9.17, 15) is 0 Å². The summed E-state index contributed by atoms with van der Waals surface area (Å²) in [7, 11) is 0. The van der Waals surface area contributed by atoms with Crippen LogP contribution in [0.25, 0.3) is 0 Å². The van der Waals surface area contributed by atoms with Gasteiger partial charge in [-0.25, -0.2) is 4.99 Å². The predicted molar refractivity (Wildman–Crippen MR) is 131 cm³/mol. The fourth-order valence-electron chi connectivity index (χ4n) is 2.75. The molecule has 0 unspecified atom stereocenters. The quantitative estimate of drug-likeness (QED) is 0.179. The highest BCUT2D eigenvalue weighted by Gasteiger charge is 2.05. The first kappa shape index (κ1) is 26.2. The molecule has 2 rings (SSSR count). The average molecular weight is 530 g/mol.